The van der Waals surface area contributed by atoms with Gasteiger partial charge in [-0.25, -0.2) is 39.2 Å². The average Bonchev–Trinajstić information content (AvgIpc) is 3.10. The number of aromatic nitrogens is 2. The van der Waals surface area contributed by atoms with Gasteiger partial charge in [0.1, 0.15) is 11.2 Å². The number of amides is 3. The molecule has 2 fully saturated rings. The highest BCUT2D eigenvalue weighted by Gasteiger charge is 2.32. The van der Waals surface area contributed by atoms with Gasteiger partial charge in [0.15, 0.2) is 0 Å². The number of guanidine groups is 1. The molecular weight excluding hydrogens is 686 g/mol. The molecule has 2 aliphatic heterocycles. The van der Waals surface area contributed by atoms with E-state index in [2.05, 4.69) is 31.6 Å². The van der Waals surface area contributed by atoms with Crippen molar-refractivity contribution < 1.29 is 38.1 Å². The molecule has 3 heterocycles. The van der Waals surface area contributed by atoms with Gasteiger partial charge in [-0.3, -0.25) is 9.69 Å². The Balaban J connectivity index is 1.37. The topological polar surface area (TPSA) is 172 Å². The van der Waals surface area contributed by atoms with Crippen LogP contribution in [-0.4, -0.2) is 156 Å². The van der Waals surface area contributed by atoms with E-state index < -0.39 is 29.4 Å². The Labute approximate surface area is 313 Å². The van der Waals surface area contributed by atoms with Gasteiger partial charge < -0.3 is 33.6 Å². The van der Waals surface area contributed by atoms with Crippen molar-refractivity contribution in [2.75, 3.05) is 83.6 Å². The minimum absolute atomic E-state index is 0.0369. The third kappa shape index (κ3) is 14.7. The van der Waals surface area contributed by atoms with Crippen LogP contribution in [-0.2, 0) is 35.1 Å². The van der Waals surface area contributed by atoms with Crippen molar-refractivity contribution in [3.63, 3.8) is 0 Å². The van der Waals surface area contributed by atoms with E-state index in [9.17, 15) is 19.2 Å². The number of esters is 1. The van der Waals surface area contributed by atoms with Crippen LogP contribution in [0.2, 0.25) is 0 Å². The molecule has 0 radical (unpaired) electrons. The first-order valence-electron chi connectivity index (χ1n) is 18.0. The summed E-state index contributed by atoms with van der Waals surface area (Å²) in [7, 11) is 0. The second-order valence-electron chi connectivity index (χ2n) is 14.6. The minimum atomic E-state index is -0.821. The van der Waals surface area contributed by atoms with Crippen LogP contribution in [0.5, 0.6) is 0 Å². The molecule has 0 aromatic carbocycles. The third-order valence-electron chi connectivity index (χ3n) is 7.96. The lowest BCUT2D eigenvalue weighted by molar-refractivity contribution is -0.138. The molecule has 17 heteroatoms. The first kappa shape index (κ1) is 42.8. The highest BCUT2D eigenvalue weighted by molar-refractivity contribution is 5.89. The second-order valence-corrected chi connectivity index (χ2v) is 14.6. The number of aliphatic imine (C=N–C) groups is 2. The van der Waals surface area contributed by atoms with Crippen LogP contribution < -0.4 is 4.90 Å². The zero-order chi connectivity index (χ0) is 39.2. The van der Waals surface area contributed by atoms with Gasteiger partial charge >= 0.3 is 18.2 Å². The molecule has 294 valence electrons. The van der Waals surface area contributed by atoms with Crippen molar-refractivity contribution in [1.82, 2.24) is 29.6 Å². The molecule has 0 N–H and O–H groups in total. The Kier molecular flexibility index (Phi) is 16.1. The number of rotatable bonds is 12. The molecule has 3 amide bonds. The van der Waals surface area contributed by atoms with Gasteiger partial charge in [0.25, 0.3) is 0 Å². The number of piperazine rings is 2. The molecule has 1 aromatic heterocycles. The number of anilines is 1. The molecule has 0 bridgehead atoms. The molecule has 2 aliphatic rings. The molecule has 17 nitrogen and oxygen atoms in total. The normalized spacial score (nSPS) is 16.3. The Morgan fingerprint density at radius 1 is 0.868 bits per heavy atom. The van der Waals surface area contributed by atoms with Gasteiger partial charge in [0.2, 0.25) is 17.8 Å². The molecule has 53 heavy (non-hydrogen) atoms. The zero-order valence-corrected chi connectivity index (χ0v) is 32.6. The number of ether oxygens (including phenoxy) is 4. The summed E-state index contributed by atoms with van der Waals surface area (Å²) in [6.45, 7) is 24.3. The van der Waals surface area contributed by atoms with Crippen molar-refractivity contribution in [2.24, 2.45) is 9.98 Å². The van der Waals surface area contributed by atoms with E-state index in [4.69, 9.17) is 18.9 Å². The first-order chi connectivity index (χ1) is 25.0. The molecule has 2 saturated heterocycles. The molecule has 0 spiro atoms. The number of imide groups is 1. The summed E-state index contributed by atoms with van der Waals surface area (Å²) in [6, 6.07) is 0. The number of nitrogens with zero attached hydrogens (tertiary/aromatic N) is 9. The van der Waals surface area contributed by atoms with Gasteiger partial charge in [0.05, 0.1) is 38.4 Å². The predicted molar refractivity (Wildman–Crippen MR) is 200 cm³/mol. The van der Waals surface area contributed by atoms with Crippen molar-refractivity contribution >= 4 is 42.7 Å². The van der Waals surface area contributed by atoms with Crippen molar-refractivity contribution in [3.05, 3.63) is 29.7 Å². The first-order valence-corrected chi connectivity index (χ1v) is 18.0. The van der Waals surface area contributed by atoms with Crippen LogP contribution in [0, 0.1) is 0 Å². The van der Waals surface area contributed by atoms with Crippen LogP contribution in [0.1, 0.15) is 67.4 Å². The monoisotopic (exact) mass is 743 g/mol. The lowest BCUT2D eigenvalue weighted by Crippen LogP contribution is -2.49. The smallest absolute Gasteiger partial charge is 0.420 e. The third-order valence-corrected chi connectivity index (χ3v) is 7.96. The van der Waals surface area contributed by atoms with Crippen LogP contribution in [0.4, 0.5) is 15.5 Å². The molecular formula is C36H57N9O8. The van der Waals surface area contributed by atoms with Crippen LogP contribution >= 0.6 is 0 Å². The summed E-state index contributed by atoms with van der Waals surface area (Å²) in [4.78, 5) is 76.7. The Morgan fingerprint density at radius 3 is 1.96 bits per heavy atom. The van der Waals surface area contributed by atoms with Crippen LogP contribution in [0.3, 0.4) is 0 Å². The second kappa shape index (κ2) is 20.0. The lowest BCUT2D eigenvalue weighted by atomic mass is 10.2. The molecule has 0 saturated carbocycles. The summed E-state index contributed by atoms with van der Waals surface area (Å²) in [6.07, 6.45) is 3.25. The lowest BCUT2D eigenvalue weighted by Gasteiger charge is -2.35. The Hall–Kier alpha value is -4.64. The minimum Gasteiger partial charge on any atom is -0.463 e. The van der Waals surface area contributed by atoms with Gasteiger partial charge in [0, 0.05) is 83.1 Å². The van der Waals surface area contributed by atoms with Gasteiger partial charge in [-0.1, -0.05) is 0 Å². The number of hydrogen-bond donors (Lipinski definition) is 0. The summed E-state index contributed by atoms with van der Waals surface area (Å²) in [5.74, 6) is 0.593. The SMILES string of the molecule is C=N/C(=N\C=C(/C)C(=O)OCC)N1CCN(CCOCCC(=O)N2CCN(c3ncc(CN(C(=O)OC(C)(C)C)C(=O)OC(C)(C)C)cn3)CC2)CC1. The Bertz CT molecular complexity index is 1430. The van der Waals surface area contributed by atoms with E-state index in [1.165, 1.54) is 6.20 Å². The van der Waals surface area contributed by atoms with Crippen molar-refractivity contribution in [2.45, 2.75) is 79.6 Å². The van der Waals surface area contributed by atoms with Gasteiger partial charge in [-0.2, -0.15) is 0 Å². The van der Waals surface area contributed by atoms with Gasteiger partial charge in [-0.05, 0) is 62.1 Å². The summed E-state index contributed by atoms with van der Waals surface area (Å²) < 4.78 is 21.6. The van der Waals surface area contributed by atoms with E-state index >= 15 is 0 Å². The molecule has 1 aromatic rings. The largest absolute Gasteiger partial charge is 0.463 e. The highest BCUT2D eigenvalue weighted by atomic mass is 16.6. The number of hydrogen-bond acceptors (Lipinski definition) is 13. The summed E-state index contributed by atoms with van der Waals surface area (Å²) in [5, 5.41) is 0. The fourth-order valence-electron chi connectivity index (χ4n) is 5.23. The zero-order valence-electron chi connectivity index (χ0n) is 32.6. The van der Waals surface area contributed by atoms with E-state index in [1.54, 1.807) is 67.8 Å². The standard InChI is InChI=1S/C36H57N9O8/c1-10-51-30(47)27(2)23-38-31(37-9)43-14-12-41(13-15-43)20-22-50-21-11-29(46)42-16-18-44(19-17-42)32-39-24-28(25-40-32)26-45(33(48)52-35(3,4)5)34(49)53-36(6,7)8/h23-25H,9-22,26H2,1-8H3/b27-23+,38-31+. The maximum absolute atomic E-state index is 12.9. The van der Waals surface area contributed by atoms with Gasteiger partial charge in [-0.15, -0.1) is 0 Å². The quantitative estimate of drug-likeness (QED) is 0.0763. The molecule has 0 unspecified atom stereocenters. The van der Waals surface area contributed by atoms with Crippen molar-refractivity contribution in [3.8, 4) is 0 Å². The fourth-order valence-corrected chi connectivity index (χ4v) is 5.23. The van der Waals surface area contributed by atoms with Crippen molar-refractivity contribution in [1.29, 1.82) is 0 Å². The molecule has 0 aliphatic carbocycles. The van der Waals surface area contributed by atoms with Crippen LogP contribution in [0.25, 0.3) is 0 Å². The fraction of sp³-hybridized carbons (Fsp3) is 0.667. The van der Waals surface area contributed by atoms with Crippen LogP contribution in [0.15, 0.2) is 34.2 Å². The van der Waals surface area contributed by atoms with E-state index in [0.29, 0.717) is 88.6 Å². The average molecular weight is 744 g/mol. The Morgan fingerprint density at radius 2 is 1.43 bits per heavy atom. The molecule has 3 rings (SSSR count). The predicted octanol–water partition coefficient (Wildman–Crippen LogP) is 3.35. The number of carbonyl (C=O) groups is 4. The van der Waals surface area contributed by atoms with E-state index in [0.717, 1.165) is 24.5 Å². The maximum Gasteiger partial charge on any atom is 0.420 e. The summed E-state index contributed by atoms with van der Waals surface area (Å²) in [5.41, 5.74) is -0.675. The molecule has 0 atom stereocenters. The summed E-state index contributed by atoms with van der Waals surface area (Å²) >= 11 is 0. The van der Waals surface area contributed by atoms with E-state index in [-0.39, 0.29) is 12.5 Å². The maximum atomic E-state index is 12.9. The van der Waals surface area contributed by atoms with E-state index in [1.807, 2.05) is 14.7 Å². The highest BCUT2D eigenvalue weighted by Crippen LogP contribution is 2.18. The number of carbonyl (C=O) groups excluding carboxylic acids is 4.